The van der Waals surface area contributed by atoms with Crippen LogP contribution in [0, 0.1) is 6.92 Å². The Morgan fingerprint density at radius 2 is 2.12 bits per heavy atom. The van der Waals surface area contributed by atoms with Gasteiger partial charge in [-0.05, 0) is 30.7 Å². The summed E-state index contributed by atoms with van der Waals surface area (Å²) in [4.78, 5) is 4.24. The van der Waals surface area contributed by atoms with Gasteiger partial charge in [0.1, 0.15) is 5.75 Å². The third-order valence-corrected chi connectivity index (χ3v) is 2.59. The first-order chi connectivity index (χ1) is 8.19. The maximum Gasteiger partial charge on any atom is 0.219 e. The van der Waals surface area contributed by atoms with Gasteiger partial charge < -0.3 is 10.5 Å². The molecule has 0 saturated heterocycles. The van der Waals surface area contributed by atoms with E-state index in [9.17, 15) is 0 Å². The fourth-order valence-electron chi connectivity index (χ4n) is 1.43. The van der Waals surface area contributed by atoms with Gasteiger partial charge in [0, 0.05) is 12.6 Å². The number of rotatable bonds is 3. The highest BCUT2D eigenvalue weighted by Crippen LogP contribution is 2.29. The molecule has 0 radical (unpaired) electrons. The van der Waals surface area contributed by atoms with Crippen LogP contribution in [0.3, 0.4) is 0 Å². The molecule has 1 heterocycles. The monoisotopic (exact) mass is 248 g/mol. The Kier molecular flexibility index (Phi) is 3.61. The summed E-state index contributed by atoms with van der Waals surface area (Å²) in [5.74, 6) is 1.10. The van der Waals surface area contributed by atoms with Crippen molar-refractivity contribution in [1.82, 2.24) is 4.98 Å². The third kappa shape index (κ3) is 2.96. The number of ether oxygens (including phenoxy) is 1. The molecule has 0 bridgehead atoms. The second-order valence-electron chi connectivity index (χ2n) is 3.71. The van der Waals surface area contributed by atoms with Crippen LogP contribution in [0.4, 0.5) is 0 Å². The zero-order chi connectivity index (χ0) is 12.3. The second kappa shape index (κ2) is 5.17. The van der Waals surface area contributed by atoms with Crippen molar-refractivity contribution >= 4 is 11.6 Å². The van der Waals surface area contributed by atoms with E-state index in [0.717, 1.165) is 11.3 Å². The zero-order valence-electron chi connectivity index (χ0n) is 9.48. The average molecular weight is 249 g/mol. The largest absolute Gasteiger partial charge is 0.437 e. The highest BCUT2D eigenvalue weighted by atomic mass is 35.5. The van der Waals surface area contributed by atoms with Crippen molar-refractivity contribution in [1.29, 1.82) is 0 Å². The minimum absolute atomic E-state index is 0.388. The molecule has 0 aliphatic heterocycles. The van der Waals surface area contributed by atoms with Crippen LogP contribution >= 0.6 is 11.6 Å². The topological polar surface area (TPSA) is 48.1 Å². The number of pyridine rings is 1. The number of benzene rings is 1. The van der Waals surface area contributed by atoms with E-state index in [4.69, 9.17) is 22.1 Å². The van der Waals surface area contributed by atoms with E-state index in [1.54, 1.807) is 6.07 Å². The summed E-state index contributed by atoms with van der Waals surface area (Å²) < 4.78 is 5.61. The van der Waals surface area contributed by atoms with Crippen molar-refractivity contribution in [2.24, 2.45) is 5.73 Å². The maximum absolute atomic E-state index is 6.08. The summed E-state index contributed by atoms with van der Waals surface area (Å²) in [6, 6.07) is 11.1. The van der Waals surface area contributed by atoms with E-state index >= 15 is 0 Å². The number of aromatic nitrogens is 1. The molecule has 17 heavy (non-hydrogen) atoms. The predicted octanol–water partition coefficient (Wildman–Crippen LogP) is 3.29. The first kappa shape index (κ1) is 11.9. The van der Waals surface area contributed by atoms with Crippen molar-refractivity contribution in [2.75, 3.05) is 0 Å². The van der Waals surface area contributed by atoms with Crippen LogP contribution in [0.5, 0.6) is 11.6 Å². The van der Waals surface area contributed by atoms with Crippen LogP contribution < -0.4 is 10.5 Å². The van der Waals surface area contributed by atoms with E-state index in [1.165, 1.54) is 0 Å². The van der Waals surface area contributed by atoms with Gasteiger partial charge >= 0.3 is 0 Å². The molecule has 4 heteroatoms. The average Bonchev–Trinajstić information content (AvgIpc) is 2.33. The van der Waals surface area contributed by atoms with Crippen LogP contribution in [0.1, 0.15) is 11.3 Å². The number of hydrogen-bond donors (Lipinski definition) is 1. The summed E-state index contributed by atoms with van der Waals surface area (Å²) in [7, 11) is 0. The van der Waals surface area contributed by atoms with Crippen LogP contribution in [-0.4, -0.2) is 4.98 Å². The van der Waals surface area contributed by atoms with Crippen LogP contribution in [0.25, 0.3) is 0 Å². The molecular formula is C13H13ClN2O. The highest BCUT2D eigenvalue weighted by molar-refractivity contribution is 6.32. The minimum Gasteiger partial charge on any atom is -0.437 e. The SMILES string of the molecule is Cc1ccc(Oc2cccc(CN)n2)c(Cl)c1. The van der Waals surface area contributed by atoms with Gasteiger partial charge in [0.25, 0.3) is 0 Å². The molecule has 3 nitrogen and oxygen atoms in total. The van der Waals surface area contributed by atoms with Crippen molar-refractivity contribution in [3.05, 3.63) is 52.7 Å². The summed E-state index contributed by atoms with van der Waals surface area (Å²) >= 11 is 6.08. The molecule has 88 valence electrons. The Morgan fingerprint density at radius 1 is 1.29 bits per heavy atom. The smallest absolute Gasteiger partial charge is 0.219 e. The molecule has 2 aromatic rings. The predicted molar refractivity (Wildman–Crippen MR) is 68.4 cm³/mol. The number of halogens is 1. The lowest BCUT2D eigenvalue weighted by Crippen LogP contribution is -2.00. The lowest BCUT2D eigenvalue weighted by Gasteiger charge is -2.08. The van der Waals surface area contributed by atoms with Crippen LogP contribution in [0.15, 0.2) is 36.4 Å². The molecule has 2 N–H and O–H groups in total. The Balaban J connectivity index is 2.25. The standard InChI is InChI=1S/C13H13ClN2O/c1-9-5-6-12(11(14)7-9)17-13-4-2-3-10(8-15)16-13/h2-7H,8,15H2,1H3. The Morgan fingerprint density at radius 3 is 2.82 bits per heavy atom. The maximum atomic E-state index is 6.08. The van der Waals surface area contributed by atoms with Crippen molar-refractivity contribution < 1.29 is 4.74 Å². The first-order valence-electron chi connectivity index (χ1n) is 5.29. The van der Waals surface area contributed by atoms with Gasteiger partial charge in [-0.15, -0.1) is 0 Å². The Bertz CT molecular complexity index is 529. The summed E-state index contributed by atoms with van der Waals surface area (Å²) in [6.45, 7) is 2.36. The molecule has 1 aromatic carbocycles. The van der Waals surface area contributed by atoms with Gasteiger partial charge in [-0.3, -0.25) is 0 Å². The molecule has 0 saturated carbocycles. The quantitative estimate of drug-likeness (QED) is 0.907. The van der Waals surface area contributed by atoms with Gasteiger partial charge in [-0.25, -0.2) is 4.98 Å². The van der Waals surface area contributed by atoms with E-state index in [-0.39, 0.29) is 0 Å². The van der Waals surface area contributed by atoms with E-state index < -0.39 is 0 Å². The molecule has 0 unspecified atom stereocenters. The molecule has 0 fully saturated rings. The molecule has 1 aromatic heterocycles. The summed E-state index contributed by atoms with van der Waals surface area (Å²) in [5.41, 5.74) is 7.39. The summed E-state index contributed by atoms with van der Waals surface area (Å²) in [6.07, 6.45) is 0. The van der Waals surface area contributed by atoms with Crippen LogP contribution in [0.2, 0.25) is 5.02 Å². The fraction of sp³-hybridized carbons (Fsp3) is 0.154. The number of nitrogens with zero attached hydrogens (tertiary/aromatic N) is 1. The van der Waals surface area contributed by atoms with E-state index in [2.05, 4.69) is 4.98 Å². The van der Waals surface area contributed by atoms with Gasteiger partial charge in [0.15, 0.2) is 0 Å². The molecular weight excluding hydrogens is 236 g/mol. The Labute approximate surface area is 105 Å². The molecule has 0 aliphatic rings. The molecule has 0 atom stereocenters. The first-order valence-corrected chi connectivity index (χ1v) is 5.67. The van der Waals surface area contributed by atoms with Crippen molar-refractivity contribution in [3.8, 4) is 11.6 Å². The second-order valence-corrected chi connectivity index (χ2v) is 4.11. The molecule has 0 aliphatic carbocycles. The summed E-state index contributed by atoms with van der Waals surface area (Å²) in [5, 5.41) is 0.574. The van der Waals surface area contributed by atoms with Gasteiger partial charge in [-0.1, -0.05) is 23.7 Å². The molecule has 0 amide bonds. The third-order valence-electron chi connectivity index (χ3n) is 2.29. The minimum atomic E-state index is 0.388. The van der Waals surface area contributed by atoms with Gasteiger partial charge in [0.05, 0.1) is 10.7 Å². The lowest BCUT2D eigenvalue weighted by atomic mass is 10.2. The van der Waals surface area contributed by atoms with Crippen molar-refractivity contribution in [2.45, 2.75) is 13.5 Å². The number of nitrogens with two attached hydrogens (primary N) is 1. The van der Waals surface area contributed by atoms with Gasteiger partial charge in [0.2, 0.25) is 5.88 Å². The van der Waals surface area contributed by atoms with Gasteiger partial charge in [-0.2, -0.15) is 0 Å². The number of hydrogen-bond acceptors (Lipinski definition) is 3. The molecule has 2 rings (SSSR count). The number of aryl methyl sites for hydroxylation is 1. The van der Waals surface area contributed by atoms with E-state index in [1.807, 2.05) is 37.3 Å². The molecule has 0 spiro atoms. The zero-order valence-corrected chi connectivity index (χ0v) is 10.2. The highest BCUT2D eigenvalue weighted by Gasteiger charge is 2.04. The Hall–Kier alpha value is -1.58. The normalized spacial score (nSPS) is 10.3. The van der Waals surface area contributed by atoms with E-state index in [0.29, 0.717) is 23.2 Å². The van der Waals surface area contributed by atoms with Crippen molar-refractivity contribution in [3.63, 3.8) is 0 Å². The lowest BCUT2D eigenvalue weighted by molar-refractivity contribution is 0.461. The van der Waals surface area contributed by atoms with Crippen LogP contribution in [-0.2, 0) is 6.54 Å². The fourth-order valence-corrected chi connectivity index (χ4v) is 1.70.